The number of nitro groups is 1. The van der Waals surface area contributed by atoms with E-state index < -0.39 is 16.4 Å². The molecule has 0 aliphatic rings. The summed E-state index contributed by atoms with van der Waals surface area (Å²) in [5, 5.41) is 10.1. The highest BCUT2D eigenvalue weighted by Gasteiger charge is 2.13. The third-order valence-electron chi connectivity index (χ3n) is 3.48. The highest BCUT2D eigenvalue weighted by molar-refractivity contribution is 5.69. The first-order valence-electron chi connectivity index (χ1n) is 6.91. The molecule has 0 saturated carbocycles. The highest BCUT2D eigenvalue weighted by atomic mass is 19.1. The molecule has 0 fully saturated rings. The molecular formula is C14H15FN6O4. The van der Waals surface area contributed by atoms with E-state index in [-0.39, 0.29) is 16.9 Å². The van der Waals surface area contributed by atoms with E-state index in [0.717, 1.165) is 16.7 Å². The van der Waals surface area contributed by atoms with Crippen molar-refractivity contribution < 1.29 is 9.31 Å². The summed E-state index contributed by atoms with van der Waals surface area (Å²) in [5.74, 6) is -0.871. The van der Waals surface area contributed by atoms with Crippen LogP contribution in [-0.2, 0) is 21.1 Å². The Bertz CT molecular complexity index is 1080. The molecule has 0 saturated heterocycles. The average molecular weight is 350 g/mol. The van der Waals surface area contributed by atoms with Gasteiger partial charge in [0.05, 0.1) is 11.3 Å². The number of fused-ring (bicyclic) bond motifs is 1. The molecule has 25 heavy (non-hydrogen) atoms. The van der Waals surface area contributed by atoms with Crippen LogP contribution in [0.1, 0.15) is 0 Å². The number of nitrogens with zero attached hydrogens (tertiary/aromatic N) is 5. The van der Waals surface area contributed by atoms with Gasteiger partial charge in [-0.3, -0.25) is 24.0 Å². The molecule has 10 nitrogen and oxygen atoms in total. The minimum atomic E-state index is -0.871. The van der Waals surface area contributed by atoms with Crippen molar-refractivity contribution in [3.05, 3.63) is 61.3 Å². The molecule has 1 aromatic carbocycles. The SMILES string of the molecule is Cn1c(=O)c2c(ncn2C)n(C)c1=O.Nc1ccc(F)c([N+](=O)[O-])c1. The van der Waals surface area contributed by atoms with Crippen LogP contribution in [0.15, 0.2) is 34.1 Å². The molecule has 0 radical (unpaired) electrons. The molecule has 11 heteroatoms. The summed E-state index contributed by atoms with van der Waals surface area (Å²) in [6.07, 6.45) is 1.52. The van der Waals surface area contributed by atoms with Gasteiger partial charge in [-0.25, -0.2) is 9.78 Å². The van der Waals surface area contributed by atoms with Crippen LogP contribution >= 0.6 is 0 Å². The average Bonchev–Trinajstić information content (AvgIpc) is 2.95. The van der Waals surface area contributed by atoms with Gasteiger partial charge in [0.15, 0.2) is 11.2 Å². The van der Waals surface area contributed by atoms with Gasteiger partial charge in [-0.05, 0) is 12.1 Å². The second kappa shape index (κ2) is 6.55. The molecule has 0 atom stereocenters. The van der Waals surface area contributed by atoms with E-state index >= 15 is 0 Å². The predicted molar refractivity (Wildman–Crippen MR) is 88.7 cm³/mol. The minimum Gasteiger partial charge on any atom is -0.399 e. The predicted octanol–water partition coefficient (Wildman–Crippen LogP) is 0.287. The first-order valence-corrected chi connectivity index (χ1v) is 6.91. The fraction of sp³-hybridized carbons (Fsp3) is 0.214. The summed E-state index contributed by atoms with van der Waals surface area (Å²) in [7, 11) is 4.77. The number of aryl methyl sites for hydroxylation is 2. The number of halogens is 1. The van der Waals surface area contributed by atoms with Crippen molar-refractivity contribution in [1.29, 1.82) is 0 Å². The lowest BCUT2D eigenvalue weighted by Gasteiger charge is -2.02. The molecule has 0 spiro atoms. The normalized spacial score (nSPS) is 10.4. The molecule has 132 valence electrons. The fourth-order valence-corrected chi connectivity index (χ4v) is 2.14. The zero-order valence-electron chi connectivity index (χ0n) is 13.6. The monoisotopic (exact) mass is 350 g/mol. The van der Waals surface area contributed by atoms with E-state index in [4.69, 9.17) is 5.73 Å². The van der Waals surface area contributed by atoms with E-state index in [2.05, 4.69) is 4.98 Å². The fourth-order valence-electron chi connectivity index (χ4n) is 2.14. The smallest absolute Gasteiger partial charge is 0.332 e. The van der Waals surface area contributed by atoms with Crippen molar-refractivity contribution in [2.45, 2.75) is 0 Å². The maximum atomic E-state index is 12.5. The summed E-state index contributed by atoms with van der Waals surface area (Å²) < 4.78 is 16.6. The number of hydrogen-bond acceptors (Lipinski definition) is 6. The number of rotatable bonds is 1. The Morgan fingerprint density at radius 2 is 1.84 bits per heavy atom. The third-order valence-corrected chi connectivity index (χ3v) is 3.48. The van der Waals surface area contributed by atoms with Crippen molar-refractivity contribution in [2.75, 3.05) is 5.73 Å². The van der Waals surface area contributed by atoms with Crippen LogP contribution in [0.3, 0.4) is 0 Å². The topological polar surface area (TPSA) is 131 Å². The van der Waals surface area contributed by atoms with Gasteiger partial charge >= 0.3 is 11.4 Å². The Kier molecular flexibility index (Phi) is 4.68. The van der Waals surface area contributed by atoms with E-state index in [1.807, 2.05) is 0 Å². The molecule has 0 unspecified atom stereocenters. The minimum absolute atomic E-state index is 0.179. The molecule has 0 bridgehead atoms. The van der Waals surface area contributed by atoms with Gasteiger partial charge in [-0.2, -0.15) is 4.39 Å². The quantitative estimate of drug-likeness (QED) is 0.381. The van der Waals surface area contributed by atoms with E-state index in [9.17, 15) is 24.1 Å². The van der Waals surface area contributed by atoms with Crippen LogP contribution in [-0.4, -0.2) is 23.6 Å². The summed E-state index contributed by atoms with van der Waals surface area (Å²) in [6.45, 7) is 0. The number of aromatic nitrogens is 4. The number of imidazole rings is 1. The molecule has 2 heterocycles. The van der Waals surface area contributed by atoms with Crippen LogP contribution in [0.5, 0.6) is 0 Å². The van der Waals surface area contributed by atoms with Crippen LogP contribution < -0.4 is 17.0 Å². The molecule has 0 aliphatic carbocycles. The first kappa shape index (κ1) is 17.8. The second-order valence-electron chi connectivity index (χ2n) is 5.20. The lowest BCUT2D eigenvalue weighted by atomic mass is 10.3. The van der Waals surface area contributed by atoms with Gasteiger partial charge in [0.1, 0.15) is 0 Å². The number of anilines is 1. The highest BCUT2D eigenvalue weighted by Crippen LogP contribution is 2.19. The van der Waals surface area contributed by atoms with Crippen molar-refractivity contribution in [3.8, 4) is 0 Å². The van der Waals surface area contributed by atoms with Crippen LogP contribution in [0.25, 0.3) is 11.2 Å². The molecule has 2 N–H and O–H groups in total. The van der Waals surface area contributed by atoms with Crippen molar-refractivity contribution >= 4 is 22.5 Å². The summed E-state index contributed by atoms with van der Waals surface area (Å²) >= 11 is 0. The number of hydrogen-bond donors (Lipinski definition) is 1. The lowest BCUT2D eigenvalue weighted by Crippen LogP contribution is -2.37. The van der Waals surface area contributed by atoms with Gasteiger partial charge < -0.3 is 10.3 Å². The maximum absolute atomic E-state index is 12.5. The van der Waals surface area contributed by atoms with Gasteiger partial charge in [0, 0.05) is 32.9 Å². The molecule has 0 aliphatic heterocycles. The zero-order chi connectivity index (χ0) is 18.9. The number of nitro benzene ring substituents is 1. The van der Waals surface area contributed by atoms with Crippen molar-refractivity contribution in [2.24, 2.45) is 21.1 Å². The van der Waals surface area contributed by atoms with Gasteiger partial charge in [0.25, 0.3) is 5.56 Å². The van der Waals surface area contributed by atoms with Gasteiger partial charge in [0.2, 0.25) is 5.82 Å². The molecule has 2 aromatic heterocycles. The summed E-state index contributed by atoms with van der Waals surface area (Å²) in [6, 6.07) is 3.21. The van der Waals surface area contributed by atoms with E-state index in [1.54, 1.807) is 18.7 Å². The first-order chi connectivity index (χ1) is 11.6. The maximum Gasteiger partial charge on any atom is 0.332 e. The molecule has 3 aromatic rings. The zero-order valence-corrected chi connectivity index (χ0v) is 13.6. The Morgan fingerprint density at radius 1 is 1.20 bits per heavy atom. The van der Waals surface area contributed by atoms with Gasteiger partial charge in [-0.15, -0.1) is 0 Å². The van der Waals surface area contributed by atoms with Crippen molar-refractivity contribution in [1.82, 2.24) is 18.7 Å². The second-order valence-corrected chi connectivity index (χ2v) is 5.20. The van der Waals surface area contributed by atoms with Crippen molar-refractivity contribution in [3.63, 3.8) is 0 Å². The van der Waals surface area contributed by atoms with Gasteiger partial charge in [-0.1, -0.05) is 0 Å². The largest absolute Gasteiger partial charge is 0.399 e. The number of benzene rings is 1. The Labute approximate surface area is 139 Å². The molecule has 0 amide bonds. The molecule has 3 rings (SSSR count). The summed E-state index contributed by atoms with van der Waals surface area (Å²) in [4.78, 5) is 36.4. The summed E-state index contributed by atoms with van der Waals surface area (Å²) in [5.41, 5.74) is 4.96. The third kappa shape index (κ3) is 3.24. The van der Waals surface area contributed by atoms with E-state index in [0.29, 0.717) is 11.2 Å². The Hall–Kier alpha value is -3.50. The van der Waals surface area contributed by atoms with Crippen LogP contribution in [0.2, 0.25) is 0 Å². The number of nitrogen functional groups attached to an aromatic ring is 1. The Morgan fingerprint density at radius 3 is 2.40 bits per heavy atom. The van der Waals surface area contributed by atoms with E-state index in [1.165, 1.54) is 24.0 Å². The van der Waals surface area contributed by atoms with Crippen LogP contribution in [0, 0.1) is 15.9 Å². The Balaban J connectivity index is 0.000000186. The van der Waals surface area contributed by atoms with Crippen LogP contribution in [0.4, 0.5) is 15.8 Å². The number of nitrogens with two attached hydrogens (primary N) is 1. The lowest BCUT2D eigenvalue weighted by molar-refractivity contribution is -0.387. The molecular weight excluding hydrogens is 335 g/mol. The standard InChI is InChI=1S/C8H10N4O2.C6H5FN2O2/c1-10-4-9-6-5(10)7(13)12(3)8(14)11(6)2;7-5-2-1-4(8)3-6(5)9(10)11/h4H,1-3H3;1-3H,8H2.